The first-order valence-electron chi connectivity index (χ1n) is 9.53. The molecule has 0 bridgehead atoms. The number of hydrogen-bond donors (Lipinski definition) is 1. The summed E-state index contributed by atoms with van der Waals surface area (Å²) in [7, 11) is -4.22. The molecule has 34 heavy (non-hydrogen) atoms. The highest BCUT2D eigenvalue weighted by molar-refractivity contribution is 9.10. The zero-order chi connectivity index (χ0) is 25.1. The molecule has 180 valence electrons. The van der Waals surface area contributed by atoms with Gasteiger partial charge in [0.2, 0.25) is 15.9 Å². The molecule has 3 aromatic rings. The van der Waals surface area contributed by atoms with Crippen molar-refractivity contribution in [2.75, 3.05) is 11.9 Å². The number of alkyl halides is 3. The Morgan fingerprint density at radius 2 is 1.65 bits per heavy atom. The number of rotatable bonds is 7. The fourth-order valence-electron chi connectivity index (χ4n) is 3.01. The maximum Gasteiger partial charge on any atom is 0.418 e. The molecule has 5 nitrogen and oxygen atoms in total. The van der Waals surface area contributed by atoms with Crippen LogP contribution in [0, 0.1) is 0 Å². The molecule has 0 saturated heterocycles. The minimum Gasteiger partial charge on any atom is -0.324 e. The summed E-state index contributed by atoms with van der Waals surface area (Å²) in [5, 5.41) is 2.25. The summed E-state index contributed by atoms with van der Waals surface area (Å²) in [5.74, 6) is -0.972. The van der Waals surface area contributed by atoms with E-state index in [-0.39, 0.29) is 21.5 Å². The molecule has 0 heterocycles. The van der Waals surface area contributed by atoms with Gasteiger partial charge >= 0.3 is 6.18 Å². The van der Waals surface area contributed by atoms with E-state index in [9.17, 15) is 26.4 Å². The van der Waals surface area contributed by atoms with E-state index in [4.69, 9.17) is 23.2 Å². The van der Waals surface area contributed by atoms with Gasteiger partial charge in [0.25, 0.3) is 0 Å². The number of carbonyl (C=O) groups is 1. The quantitative estimate of drug-likeness (QED) is 0.334. The Morgan fingerprint density at radius 3 is 2.26 bits per heavy atom. The lowest BCUT2D eigenvalue weighted by molar-refractivity contribution is -0.137. The van der Waals surface area contributed by atoms with Gasteiger partial charge in [0, 0.05) is 21.1 Å². The largest absolute Gasteiger partial charge is 0.418 e. The number of benzene rings is 3. The van der Waals surface area contributed by atoms with Gasteiger partial charge in [0.05, 0.1) is 22.7 Å². The van der Waals surface area contributed by atoms with Crippen molar-refractivity contribution in [3.05, 3.63) is 92.4 Å². The number of amides is 1. The second-order valence-electron chi connectivity index (χ2n) is 7.05. The summed E-state index contributed by atoms with van der Waals surface area (Å²) in [4.78, 5) is 12.6. The first kappa shape index (κ1) is 26.5. The monoisotopic (exact) mass is 594 g/mol. The highest BCUT2D eigenvalue weighted by Gasteiger charge is 2.35. The third kappa shape index (κ3) is 6.51. The summed E-state index contributed by atoms with van der Waals surface area (Å²) >= 11 is 15.1. The molecule has 0 radical (unpaired) electrons. The fourth-order valence-corrected chi connectivity index (χ4v) is 5.01. The number of anilines is 1. The molecular formula is C22H16BrCl2F3N2O3S. The highest BCUT2D eigenvalue weighted by Crippen LogP contribution is 2.36. The summed E-state index contributed by atoms with van der Waals surface area (Å²) in [6.45, 7) is -1.04. The molecule has 0 spiro atoms. The predicted molar refractivity (Wildman–Crippen MR) is 128 cm³/mol. The molecule has 0 fully saturated rings. The maximum absolute atomic E-state index is 13.4. The molecule has 0 unspecified atom stereocenters. The predicted octanol–water partition coefficient (Wildman–Crippen LogP) is 6.60. The Labute approximate surface area is 212 Å². The Kier molecular flexibility index (Phi) is 8.30. The average molecular weight is 596 g/mol. The van der Waals surface area contributed by atoms with Crippen molar-refractivity contribution < 1.29 is 26.4 Å². The molecule has 1 N–H and O–H groups in total. The number of hydrogen-bond acceptors (Lipinski definition) is 3. The zero-order valence-electron chi connectivity index (χ0n) is 17.1. The van der Waals surface area contributed by atoms with Gasteiger partial charge < -0.3 is 5.32 Å². The Bertz CT molecular complexity index is 1300. The van der Waals surface area contributed by atoms with Gasteiger partial charge in [-0.1, -0.05) is 57.3 Å². The van der Waals surface area contributed by atoms with Crippen LogP contribution in [0.5, 0.6) is 0 Å². The van der Waals surface area contributed by atoms with Crippen LogP contribution in [-0.4, -0.2) is 25.2 Å². The van der Waals surface area contributed by atoms with E-state index in [1.807, 2.05) is 0 Å². The first-order chi connectivity index (χ1) is 15.9. The van der Waals surface area contributed by atoms with Crippen LogP contribution in [0.4, 0.5) is 18.9 Å². The van der Waals surface area contributed by atoms with E-state index in [0.29, 0.717) is 16.1 Å². The molecular weight excluding hydrogens is 580 g/mol. The molecule has 0 aliphatic carbocycles. The summed E-state index contributed by atoms with van der Waals surface area (Å²) in [5.41, 5.74) is -1.28. The van der Waals surface area contributed by atoms with Crippen molar-refractivity contribution in [1.82, 2.24) is 4.31 Å². The standard InChI is InChI=1S/C22H16BrCl2F3N2O3S/c23-15-5-8-17(9-6-15)34(32,33)30(12-14-3-1-2-4-19(14)25)13-21(31)29-20-10-7-16(24)11-18(20)22(26,27)28/h1-11H,12-13H2,(H,29,31). The van der Waals surface area contributed by atoms with Crippen molar-refractivity contribution in [3.63, 3.8) is 0 Å². The van der Waals surface area contributed by atoms with Gasteiger partial charge in [-0.05, 0) is 54.1 Å². The molecule has 12 heteroatoms. The second-order valence-corrected chi connectivity index (χ2v) is 10.8. The van der Waals surface area contributed by atoms with Crippen LogP contribution in [-0.2, 0) is 27.5 Å². The molecule has 3 rings (SSSR count). The minimum atomic E-state index is -4.78. The van der Waals surface area contributed by atoms with Gasteiger partial charge in [-0.2, -0.15) is 17.5 Å². The number of halogens is 6. The molecule has 0 saturated carbocycles. The number of nitrogens with zero attached hydrogens (tertiary/aromatic N) is 1. The summed E-state index contributed by atoms with van der Waals surface area (Å²) < 4.78 is 68.2. The first-order valence-corrected chi connectivity index (χ1v) is 12.5. The van der Waals surface area contributed by atoms with Crippen LogP contribution in [0.2, 0.25) is 10.0 Å². The normalized spacial score (nSPS) is 12.1. The van der Waals surface area contributed by atoms with E-state index < -0.39 is 39.9 Å². The van der Waals surface area contributed by atoms with E-state index in [1.165, 1.54) is 30.3 Å². The third-order valence-corrected chi connectivity index (χ3v) is 7.58. The van der Waals surface area contributed by atoms with Gasteiger partial charge in [0.15, 0.2) is 0 Å². The zero-order valence-corrected chi connectivity index (χ0v) is 21.0. The third-order valence-electron chi connectivity index (χ3n) is 4.64. The molecule has 1 amide bonds. The average Bonchev–Trinajstić information content (AvgIpc) is 2.75. The molecule has 0 atom stereocenters. The molecule has 0 aromatic heterocycles. The topological polar surface area (TPSA) is 66.5 Å². The van der Waals surface area contributed by atoms with Crippen LogP contribution in [0.25, 0.3) is 0 Å². The van der Waals surface area contributed by atoms with Gasteiger partial charge in [-0.25, -0.2) is 8.42 Å². The number of nitrogens with one attached hydrogen (secondary N) is 1. The van der Waals surface area contributed by atoms with E-state index in [0.717, 1.165) is 10.4 Å². The van der Waals surface area contributed by atoms with Crippen molar-refractivity contribution in [2.24, 2.45) is 0 Å². The summed E-state index contributed by atoms with van der Waals surface area (Å²) in [6.07, 6.45) is -4.78. The van der Waals surface area contributed by atoms with Crippen LogP contribution < -0.4 is 5.32 Å². The van der Waals surface area contributed by atoms with E-state index in [1.54, 1.807) is 24.3 Å². The smallest absolute Gasteiger partial charge is 0.324 e. The van der Waals surface area contributed by atoms with Gasteiger partial charge in [0.1, 0.15) is 0 Å². The lowest BCUT2D eigenvalue weighted by Gasteiger charge is -2.23. The Balaban J connectivity index is 1.94. The van der Waals surface area contributed by atoms with Crippen molar-refractivity contribution in [1.29, 1.82) is 0 Å². The Hall–Kier alpha value is -2.11. The van der Waals surface area contributed by atoms with Crippen LogP contribution >= 0.6 is 39.1 Å². The SMILES string of the molecule is O=C(CN(Cc1ccccc1Cl)S(=O)(=O)c1ccc(Br)cc1)Nc1ccc(Cl)cc1C(F)(F)F. The van der Waals surface area contributed by atoms with Crippen molar-refractivity contribution >= 4 is 60.7 Å². The molecule has 3 aromatic carbocycles. The van der Waals surface area contributed by atoms with E-state index >= 15 is 0 Å². The molecule has 0 aliphatic heterocycles. The summed E-state index contributed by atoms with van der Waals surface area (Å²) in [6, 6.07) is 15.1. The molecule has 0 aliphatic rings. The van der Waals surface area contributed by atoms with Crippen LogP contribution in [0.1, 0.15) is 11.1 Å². The fraction of sp³-hybridized carbons (Fsp3) is 0.136. The second kappa shape index (κ2) is 10.7. The van der Waals surface area contributed by atoms with Gasteiger partial charge in [-0.3, -0.25) is 4.79 Å². The van der Waals surface area contributed by atoms with E-state index in [2.05, 4.69) is 21.2 Å². The Morgan fingerprint density at radius 1 is 1.00 bits per heavy atom. The lowest BCUT2D eigenvalue weighted by Crippen LogP contribution is -2.38. The number of carbonyl (C=O) groups excluding carboxylic acids is 1. The van der Waals surface area contributed by atoms with Crippen LogP contribution in [0.3, 0.4) is 0 Å². The minimum absolute atomic E-state index is 0.0990. The van der Waals surface area contributed by atoms with Gasteiger partial charge in [-0.15, -0.1) is 0 Å². The maximum atomic E-state index is 13.4. The van der Waals surface area contributed by atoms with Crippen molar-refractivity contribution in [2.45, 2.75) is 17.6 Å². The van der Waals surface area contributed by atoms with Crippen molar-refractivity contribution in [3.8, 4) is 0 Å². The van der Waals surface area contributed by atoms with Crippen LogP contribution in [0.15, 0.2) is 76.1 Å². The number of sulfonamides is 1. The lowest BCUT2D eigenvalue weighted by atomic mass is 10.1. The highest BCUT2D eigenvalue weighted by atomic mass is 79.9.